The first-order valence-corrected chi connectivity index (χ1v) is 13.7. The lowest BCUT2D eigenvalue weighted by Gasteiger charge is -2.49. The van der Waals surface area contributed by atoms with Crippen molar-refractivity contribution in [2.75, 3.05) is 5.32 Å². The highest BCUT2D eigenvalue weighted by Crippen LogP contribution is 2.46. The molecule has 2 amide bonds. The second kappa shape index (κ2) is 10.9. The largest absolute Gasteiger partial charge is 0.390 e. The van der Waals surface area contributed by atoms with Crippen molar-refractivity contribution in [3.05, 3.63) is 66.2 Å². The molecule has 5 rings (SSSR count). The Morgan fingerprint density at radius 3 is 2.26 bits per heavy atom. The van der Waals surface area contributed by atoms with Gasteiger partial charge in [0.25, 0.3) is 0 Å². The van der Waals surface area contributed by atoms with Gasteiger partial charge in [0, 0.05) is 36.1 Å². The summed E-state index contributed by atoms with van der Waals surface area (Å²) in [7, 11) is 0. The maximum absolute atomic E-state index is 12.9. The highest BCUT2D eigenvalue weighted by atomic mass is 16.3. The van der Waals surface area contributed by atoms with Gasteiger partial charge < -0.3 is 21.5 Å². The molecule has 0 atom stereocenters. The van der Waals surface area contributed by atoms with Gasteiger partial charge in [0.2, 0.25) is 11.8 Å². The molecular formula is C31H37N5O3. The third-order valence-electron chi connectivity index (χ3n) is 8.00. The molecule has 0 saturated heterocycles. The Kier molecular flexibility index (Phi) is 7.51. The summed E-state index contributed by atoms with van der Waals surface area (Å²) in [5.41, 5.74) is 9.74. The van der Waals surface area contributed by atoms with Crippen molar-refractivity contribution in [2.24, 2.45) is 11.7 Å². The lowest BCUT2D eigenvalue weighted by atomic mass is 9.63. The van der Waals surface area contributed by atoms with Crippen LogP contribution in [0.3, 0.4) is 0 Å². The normalized spacial score (nSPS) is 26.4. The van der Waals surface area contributed by atoms with E-state index in [4.69, 9.17) is 5.73 Å². The van der Waals surface area contributed by atoms with Gasteiger partial charge in [0.05, 0.1) is 5.60 Å². The zero-order chi connectivity index (χ0) is 27.6. The molecule has 0 radical (unpaired) electrons. The number of nitrogens with zero attached hydrogens (tertiary/aromatic N) is 2. The molecule has 3 aromatic rings. The summed E-state index contributed by atoms with van der Waals surface area (Å²) in [5.74, 6) is 0.635. The number of benzene rings is 2. The summed E-state index contributed by atoms with van der Waals surface area (Å²) in [6.07, 6.45) is 5.10. The Bertz CT molecular complexity index is 1320. The predicted molar refractivity (Wildman–Crippen MR) is 151 cm³/mol. The van der Waals surface area contributed by atoms with Crippen molar-refractivity contribution >= 4 is 17.6 Å². The fourth-order valence-corrected chi connectivity index (χ4v) is 6.23. The number of carbonyl (C=O) groups is 2. The third-order valence-corrected chi connectivity index (χ3v) is 8.00. The summed E-state index contributed by atoms with van der Waals surface area (Å²) in [5, 5.41) is 25.0. The van der Waals surface area contributed by atoms with Gasteiger partial charge in [-0.1, -0.05) is 54.6 Å². The zero-order valence-electron chi connectivity index (χ0n) is 22.6. The van der Waals surface area contributed by atoms with E-state index in [0.717, 1.165) is 47.9 Å². The SMILES string of the molecule is CC(=O)N[C@H]1CC[C@H](CC(=O)Nc2cc(-c3ccccc3)c(-c3ccc(C4(N)CC(C)(O)C4)cc3)nn2)CC1. The van der Waals surface area contributed by atoms with Gasteiger partial charge in [0.15, 0.2) is 5.82 Å². The van der Waals surface area contributed by atoms with Crippen LogP contribution in [-0.2, 0) is 15.1 Å². The third kappa shape index (κ3) is 6.34. The molecule has 2 aromatic carbocycles. The zero-order valence-corrected chi connectivity index (χ0v) is 22.6. The lowest BCUT2D eigenvalue weighted by molar-refractivity contribution is -0.120. The molecule has 2 aliphatic rings. The molecule has 2 saturated carbocycles. The maximum Gasteiger partial charge on any atom is 0.225 e. The Labute approximate surface area is 229 Å². The van der Waals surface area contributed by atoms with E-state index in [9.17, 15) is 14.7 Å². The van der Waals surface area contributed by atoms with Gasteiger partial charge in [-0.15, -0.1) is 10.2 Å². The van der Waals surface area contributed by atoms with E-state index < -0.39 is 11.1 Å². The van der Waals surface area contributed by atoms with Crippen LogP contribution < -0.4 is 16.4 Å². The van der Waals surface area contributed by atoms with Crippen molar-refractivity contribution in [3.8, 4) is 22.4 Å². The minimum absolute atomic E-state index is 0.000662. The molecule has 2 fully saturated rings. The smallest absolute Gasteiger partial charge is 0.225 e. The summed E-state index contributed by atoms with van der Waals surface area (Å²) in [6.45, 7) is 3.36. The highest BCUT2D eigenvalue weighted by molar-refractivity contribution is 5.91. The number of nitrogens with one attached hydrogen (secondary N) is 2. The Morgan fingerprint density at radius 1 is 0.974 bits per heavy atom. The number of hydrogen-bond donors (Lipinski definition) is 4. The fourth-order valence-electron chi connectivity index (χ4n) is 6.23. The van der Waals surface area contributed by atoms with E-state index in [-0.39, 0.29) is 17.9 Å². The molecule has 204 valence electrons. The number of hydrogen-bond acceptors (Lipinski definition) is 6. The number of nitrogens with two attached hydrogens (primary N) is 1. The van der Waals surface area contributed by atoms with Gasteiger partial charge in [0.1, 0.15) is 5.69 Å². The second-order valence-electron chi connectivity index (χ2n) is 11.6. The monoisotopic (exact) mass is 527 g/mol. The number of aromatic nitrogens is 2. The van der Waals surface area contributed by atoms with Gasteiger partial charge in [-0.25, -0.2) is 0 Å². The van der Waals surface area contributed by atoms with Crippen LogP contribution in [0.5, 0.6) is 0 Å². The minimum Gasteiger partial charge on any atom is -0.390 e. The van der Waals surface area contributed by atoms with Crippen LogP contribution in [0.1, 0.15) is 64.4 Å². The molecule has 5 N–H and O–H groups in total. The summed E-state index contributed by atoms with van der Waals surface area (Å²) >= 11 is 0. The summed E-state index contributed by atoms with van der Waals surface area (Å²) < 4.78 is 0. The van der Waals surface area contributed by atoms with E-state index in [2.05, 4.69) is 20.8 Å². The predicted octanol–water partition coefficient (Wildman–Crippen LogP) is 4.53. The second-order valence-corrected chi connectivity index (χ2v) is 11.6. The summed E-state index contributed by atoms with van der Waals surface area (Å²) in [4.78, 5) is 24.2. The molecule has 2 aliphatic carbocycles. The molecule has 0 bridgehead atoms. The first-order valence-electron chi connectivity index (χ1n) is 13.7. The Balaban J connectivity index is 1.31. The molecule has 1 heterocycles. The standard InChI is InChI=1S/C31H37N5O3/c1-20(37)33-25-14-8-21(9-15-25)16-28(38)34-27-17-26(22-6-4-3-5-7-22)29(36-35-27)23-10-12-24(13-11-23)31(32)18-30(2,39)19-31/h3-7,10-13,17,21,25,39H,8-9,14-16,18-19,32H2,1-2H3,(H,33,37)(H,34,35,38)/t21-,25-,30?,31?. The Morgan fingerprint density at radius 2 is 1.64 bits per heavy atom. The average molecular weight is 528 g/mol. The summed E-state index contributed by atoms with van der Waals surface area (Å²) in [6, 6.07) is 20.0. The molecule has 0 unspecified atom stereocenters. The van der Waals surface area contributed by atoms with Gasteiger partial charge >= 0.3 is 0 Å². The van der Waals surface area contributed by atoms with Crippen molar-refractivity contribution in [3.63, 3.8) is 0 Å². The van der Waals surface area contributed by atoms with Gasteiger partial charge in [-0.3, -0.25) is 9.59 Å². The topological polar surface area (TPSA) is 130 Å². The molecule has 0 spiro atoms. The van der Waals surface area contributed by atoms with Crippen molar-refractivity contribution in [1.82, 2.24) is 15.5 Å². The first-order chi connectivity index (χ1) is 18.6. The highest BCUT2D eigenvalue weighted by Gasteiger charge is 2.49. The van der Waals surface area contributed by atoms with Gasteiger partial charge in [-0.2, -0.15) is 0 Å². The number of anilines is 1. The minimum atomic E-state index is -0.717. The van der Waals surface area contributed by atoms with Crippen LogP contribution >= 0.6 is 0 Å². The van der Waals surface area contributed by atoms with Crippen LogP contribution in [0.2, 0.25) is 0 Å². The maximum atomic E-state index is 12.9. The van der Waals surface area contributed by atoms with Crippen LogP contribution in [0, 0.1) is 5.92 Å². The average Bonchev–Trinajstić information content (AvgIpc) is 2.89. The van der Waals surface area contributed by atoms with Crippen LogP contribution in [0.25, 0.3) is 22.4 Å². The van der Waals surface area contributed by atoms with Crippen LogP contribution in [-0.4, -0.2) is 38.8 Å². The molecule has 0 aliphatic heterocycles. The lowest BCUT2D eigenvalue weighted by Crippen LogP contribution is -2.58. The van der Waals surface area contributed by atoms with Crippen molar-refractivity contribution in [1.29, 1.82) is 0 Å². The van der Waals surface area contributed by atoms with E-state index in [0.29, 0.717) is 36.7 Å². The molecule has 8 heteroatoms. The molecule has 8 nitrogen and oxygen atoms in total. The van der Waals surface area contributed by atoms with E-state index >= 15 is 0 Å². The first kappa shape index (κ1) is 27.0. The number of amides is 2. The van der Waals surface area contributed by atoms with Crippen LogP contribution in [0.4, 0.5) is 5.82 Å². The van der Waals surface area contributed by atoms with E-state index in [1.807, 2.05) is 67.6 Å². The Hall–Kier alpha value is -3.62. The quantitative estimate of drug-likeness (QED) is 0.357. The van der Waals surface area contributed by atoms with Crippen molar-refractivity contribution in [2.45, 2.75) is 76.0 Å². The molecule has 39 heavy (non-hydrogen) atoms. The number of carbonyl (C=O) groups excluding carboxylic acids is 2. The molecule has 1 aromatic heterocycles. The van der Waals surface area contributed by atoms with Crippen molar-refractivity contribution < 1.29 is 14.7 Å². The number of aliphatic hydroxyl groups is 1. The van der Waals surface area contributed by atoms with E-state index in [1.165, 1.54) is 0 Å². The number of rotatable bonds is 7. The fraction of sp³-hybridized carbons (Fsp3) is 0.419. The molecular weight excluding hydrogens is 490 g/mol. The van der Waals surface area contributed by atoms with Gasteiger partial charge in [-0.05, 0) is 68.6 Å². The van der Waals surface area contributed by atoms with Crippen LogP contribution in [0.15, 0.2) is 60.7 Å². The van der Waals surface area contributed by atoms with E-state index in [1.54, 1.807) is 6.92 Å².